The van der Waals surface area contributed by atoms with Crippen LogP contribution < -0.4 is 14.4 Å². The van der Waals surface area contributed by atoms with Crippen LogP contribution in [-0.2, 0) is 16.6 Å². The number of ether oxygens (including phenoxy) is 2. The summed E-state index contributed by atoms with van der Waals surface area (Å²) in [6.07, 6.45) is 0. The van der Waals surface area contributed by atoms with Crippen LogP contribution in [0.3, 0.4) is 0 Å². The predicted octanol–water partition coefficient (Wildman–Crippen LogP) is 4.10. The highest BCUT2D eigenvalue weighted by Crippen LogP contribution is 2.40. The van der Waals surface area contributed by atoms with Gasteiger partial charge in [0, 0.05) is 45.3 Å². The highest BCUT2D eigenvalue weighted by molar-refractivity contribution is 7.89. The van der Waals surface area contributed by atoms with Gasteiger partial charge in [0.05, 0.1) is 19.1 Å². The SMILES string of the molecule is COc1ccc(OC)c2sc(N3CCN(C(=O)c4ccc(S(=O)(=O)N(C)Cc5ccccc5)cc4)CC3)nc12. The lowest BCUT2D eigenvalue weighted by atomic mass is 10.2. The fourth-order valence-corrected chi connectivity index (χ4v) is 6.85. The Morgan fingerprint density at radius 3 is 2.21 bits per heavy atom. The van der Waals surface area contributed by atoms with E-state index in [2.05, 4.69) is 4.90 Å². The van der Waals surface area contributed by atoms with Gasteiger partial charge in [-0.2, -0.15) is 4.31 Å². The molecule has 39 heavy (non-hydrogen) atoms. The molecule has 1 amide bonds. The van der Waals surface area contributed by atoms with Crippen LogP contribution in [0.2, 0.25) is 0 Å². The molecule has 1 aliphatic rings. The molecule has 3 aromatic carbocycles. The Morgan fingerprint density at radius 1 is 0.923 bits per heavy atom. The summed E-state index contributed by atoms with van der Waals surface area (Å²) in [5.41, 5.74) is 2.13. The van der Waals surface area contributed by atoms with Gasteiger partial charge in [0.1, 0.15) is 21.7 Å². The Hall–Kier alpha value is -3.67. The van der Waals surface area contributed by atoms with Crippen molar-refractivity contribution in [2.24, 2.45) is 0 Å². The molecule has 0 radical (unpaired) electrons. The van der Waals surface area contributed by atoms with Gasteiger partial charge in [0.25, 0.3) is 5.91 Å². The van der Waals surface area contributed by atoms with Gasteiger partial charge in [-0.3, -0.25) is 4.79 Å². The first kappa shape index (κ1) is 26.9. The average molecular weight is 567 g/mol. The number of anilines is 1. The molecular formula is C28H30N4O5S2. The van der Waals surface area contributed by atoms with Crippen molar-refractivity contribution in [1.82, 2.24) is 14.2 Å². The first-order valence-corrected chi connectivity index (χ1v) is 14.7. The molecule has 0 N–H and O–H groups in total. The standard InChI is InChI=1S/C28H30N4O5S2/c1-30(19-20-7-5-4-6-8-20)39(34,35)22-11-9-21(10-12-22)27(33)31-15-17-32(18-16-31)28-29-25-23(36-2)13-14-24(37-3)26(25)38-28/h4-14H,15-19H2,1-3H3. The smallest absolute Gasteiger partial charge is 0.253 e. The number of aromatic nitrogens is 1. The lowest BCUT2D eigenvalue weighted by Gasteiger charge is -2.34. The molecule has 0 atom stereocenters. The predicted molar refractivity (Wildman–Crippen MR) is 152 cm³/mol. The van der Waals surface area contributed by atoms with Gasteiger partial charge in [-0.25, -0.2) is 13.4 Å². The number of carbonyl (C=O) groups excluding carboxylic acids is 1. The third-order valence-corrected chi connectivity index (χ3v) is 9.74. The third kappa shape index (κ3) is 5.42. The van der Waals surface area contributed by atoms with Crippen LogP contribution in [0.5, 0.6) is 11.5 Å². The fraction of sp³-hybridized carbons (Fsp3) is 0.286. The molecule has 4 aromatic rings. The molecule has 1 aromatic heterocycles. The summed E-state index contributed by atoms with van der Waals surface area (Å²) in [5.74, 6) is 1.32. The molecule has 9 nitrogen and oxygen atoms in total. The minimum Gasteiger partial charge on any atom is -0.495 e. The van der Waals surface area contributed by atoms with Crippen molar-refractivity contribution in [3.63, 3.8) is 0 Å². The molecule has 1 fully saturated rings. The molecule has 0 unspecified atom stereocenters. The summed E-state index contributed by atoms with van der Waals surface area (Å²) in [5, 5.41) is 0.856. The largest absolute Gasteiger partial charge is 0.495 e. The molecule has 0 bridgehead atoms. The molecule has 0 spiro atoms. The summed E-state index contributed by atoms with van der Waals surface area (Å²) in [7, 11) is 1.12. The Labute approximate surface area is 232 Å². The minimum absolute atomic E-state index is 0.121. The summed E-state index contributed by atoms with van der Waals surface area (Å²) in [4.78, 5) is 22.1. The zero-order chi connectivity index (χ0) is 27.6. The Morgan fingerprint density at radius 2 is 1.56 bits per heavy atom. The van der Waals surface area contributed by atoms with Crippen LogP contribution in [0, 0.1) is 0 Å². The van der Waals surface area contributed by atoms with Gasteiger partial charge in [-0.1, -0.05) is 41.7 Å². The van der Waals surface area contributed by atoms with Crippen molar-refractivity contribution in [1.29, 1.82) is 0 Å². The van der Waals surface area contributed by atoms with E-state index in [1.165, 1.54) is 16.4 Å². The number of thiazole rings is 1. The van der Waals surface area contributed by atoms with Crippen molar-refractivity contribution in [2.75, 3.05) is 52.3 Å². The number of fused-ring (bicyclic) bond motifs is 1. The number of rotatable bonds is 8. The number of nitrogens with zero attached hydrogens (tertiary/aromatic N) is 4. The second-order valence-electron chi connectivity index (χ2n) is 9.19. The van der Waals surface area contributed by atoms with E-state index < -0.39 is 10.0 Å². The molecule has 0 saturated carbocycles. The zero-order valence-electron chi connectivity index (χ0n) is 22.0. The van der Waals surface area contributed by atoms with Gasteiger partial charge in [-0.15, -0.1) is 0 Å². The maximum atomic E-state index is 13.2. The van der Waals surface area contributed by atoms with Crippen LogP contribution in [0.25, 0.3) is 10.2 Å². The number of hydrogen-bond donors (Lipinski definition) is 0. The van der Waals surface area contributed by atoms with Crippen molar-refractivity contribution in [2.45, 2.75) is 11.4 Å². The van der Waals surface area contributed by atoms with Crippen molar-refractivity contribution >= 4 is 42.6 Å². The summed E-state index contributed by atoms with van der Waals surface area (Å²) >= 11 is 1.54. The fourth-order valence-electron chi connectivity index (χ4n) is 4.57. The van der Waals surface area contributed by atoms with Crippen LogP contribution in [-0.4, -0.2) is 76.0 Å². The Balaban J connectivity index is 1.24. The maximum absolute atomic E-state index is 13.2. The molecule has 0 aliphatic carbocycles. The zero-order valence-corrected chi connectivity index (χ0v) is 23.7. The molecule has 5 rings (SSSR count). The van der Waals surface area contributed by atoms with E-state index in [0.29, 0.717) is 37.5 Å². The van der Waals surface area contributed by atoms with Gasteiger partial charge in [0.15, 0.2) is 5.13 Å². The Kier molecular flexibility index (Phi) is 7.74. The second-order valence-corrected chi connectivity index (χ2v) is 12.2. The van der Waals surface area contributed by atoms with E-state index in [0.717, 1.165) is 26.7 Å². The third-order valence-electron chi connectivity index (χ3n) is 6.79. The van der Waals surface area contributed by atoms with Crippen LogP contribution >= 0.6 is 11.3 Å². The highest BCUT2D eigenvalue weighted by Gasteiger charge is 2.26. The number of methoxy groups -OCH3 is 2. The minimum atomic E-state index is -3.69. The molecule has 2 heterocycles. The van der Waals surface area contributed by atoms with E-state index in [4.69, 9.17) is 14.5 Å². The number of amides is 1. The first-order valence-electron chi connectivity index (χ1n) is 12.5. The van der Waals surface area contributed by atoms with E-state index in [1.54, 1.807) is 49.6 Å². The molecule has 1 saturated heterocycles. The normalized spacial score (nSPS) is 14.2. The van der Waals surface area contributed by atoms with Crippen LogP contribution in [0.15, 0.2) is 71.6 Å². The summed E-state index contributed by atoms with van der Waals surface area (Å²) < 4.78 is 39.3. The van der Waals surface area contributed by atoms with Crippen molar-refractivity contribution in [3.8, 4) is 11.5 Å². The number of carbonyl (C=O) groups is 1. The average Bonchev–Trinajstić information content (AvgIpc) is 3.43. The van der Waals surface area contributed by atoms with Gasteiger partial charge in [-0.05, 0) is 42.0 Å². The van der Waals surface area contributed by atoms with E-state index in [9.17, 15) is 13.2 Å². The van der Waals surface area contributed by atoms with Crippen LogP contribution in [0.1, 0.15) is 15.9 Å². The highest BCUT2D eigenvalue weighted by atomic mass is 32.2. The number of benzene rings is 3. The second kappa shape index (κ2) is 11.2. The Bertz CT molecular complexity index is 1520. The van der Waals surface area contributed by atoms with Crippen molar-refractivity contribution < 1.29 is 22.7 Å². The molecule has 11 heteroatoms. The number of piperazine rings is 1. The summed E-state index contributed by atoms with van der Waals surface area (Å²) in [6.45, 7) is 2.59. The quantitative estimate of drug-likeness (QED) is 0.317. The monoisotopic (exact) mass is 566 g/mol. The number of sulfonamides is 1. The summed E-state index contributed by atoms with van der Waals surface area (Å²) in [6, 6.07) is 19.3. The molecular weight excluding hydrogens is 536 g/mol. The first-order chi connectivity index (χ1) is 18.8. The van der Waals surface area contributed by atoms with Gasteiger partial charge in [0.2, 0.25) is 10.0 Å². The number of hydrogen-bond acceptors (Lipinski definition) is 8. The van der Waals surface area contributed by atoms with E-state index >= 15 is 0 Å². The van der Waals surface area contributed by atoms with Gasteiger partial charge >= 0.3 is 0 Å². The van der Waals surface area contributed by atoms with Crippen molar-refractivity contribution in [3.05, 3.63) is 77.9 Å². The topological polar surface area (TPSA) is 92.3 Å². The lowest BCUT2D eigenvalue weighted by Crippen LogP contribution is -2.48. The van der Waals surface area contributed by atoms with Gasteiger partial charge < -0.3 is 19.3 Å². The van der Waals surface area contributed by atoms with Crippen LogP contribution in [0.4, 0.5) is 5.13 Å². The lowest BCUT2D eigenvalue weighted by molar-refractivity contribution is 0.0746. The molecule has 204 valence electrons. The maximum Gasteiger partial charge on any atom is 0.253 e. The van der Waals surface area contributed by atoms with E-state index in [-0.39, 0.29) is 17.3 Å². The van der Waals surface area contributed by atoms with E-state index in [1.807, 2.05) is 42.5 Å². The molecule has 1 aliphatic heterocycles.